The summed E-state index contributed by atoms with van der Waals surface area (Å²) < 4.78 is 5.53. The Morgan fingerprint density at radius 2 is 2.27 bits per heavy atom. The van der Waals surface area contributed by atoms with Gasteiger partial charge in [0.25, 0.3) is 0 Å². The van der Waals surface area contributed by atoms with Crippen LogP contribution in [0.5, 0.6) is 5.75 Å². The third-order valence-corrected chi connectivity index (χ3v) is 2.23. The molecule has 1 atom stereocenters. The molecule has 2 heteroatoms. The van der Waals surface area contributed by atoms with Gasteiger partial charge in [0.15, 0.2) is 0 Å². The lowest BCUT2D eigenvalue weighted by Crippen LogP contribution is -2.05. The number of rotatable bonds is 4. The molecule has 0 heterocycles. The third-order valence-electron chi connectivity index (χ3n) is 2.23. The zero-order valence-corrected chi connectivity index (χ0v) is 9.29. The topological polar surface area (TPSA) is 35.2 Å². The first-order valence-electron chi connectivity index (χ1n) is 5.07. The third kappa shape index (κ3) is 3.30. The van der Waals surface area contributed by atoms with E-state index in [0.29, 0.717) is 13.0 Å². The van der Waals surface area contributed by atoms with Gasteiger partial charge in [-0.15, -0.1) is 12.3 Å². The van der Waals surface area contributed by atoms with Crippen LogP contribution in [-0.4, -0.2) is 6.61 Å². The van der Waals surface area contributed by atoms with Crippen LogP contribution in [0.3, 0.4) is 0 Å². The van der Waals surface area contributed by atoms with Gasteiger partial charge >= 0.3 is 0 Å². The molecule has 1 aromatic carbocycles. The lowest BCUT2D eigenvalue weighted by atomic mass is 10.1. The average Bonchev–Trinajstić information content (AvgIpc) is 2.20. The molecule has 1 unspecified atom stereocenters. The number of hydrogen-bond donors (Lipinski definition) is 1. The van der Waals surface area contributed by atoms with E-state index in [2.05, 4.69) is 12.0 Å². The Hall–Kier alpha value is -1.46. The Kier molecular flexibility index (Phi) is 4.20. The lowest BCUT2D eigenvalue weighted by Gasteiger charge is -2.11. The van der Waals surface area contributed by atoms with Crippen molar-refractivity contribution in [2.75, 3.05) is 6.61 Å². The van der Waals surface area contributed by atoms with E-state index in [4.69, 9.17) is 16.9 Å². The van der Waals surface area contributed by atoms with Gasteiger partial charge in [0, 0.05) is 12.5 Å². The molecule has 0 aliphatic carbocycles. The molecule has 0 amide bonds. The molecule has 0 saturated heterocycles. The normalized spacial score (nSPS) is 11.9. The highest BCUT2D eigenvalue weighted by Gasteiger charge is 2.03. The molecule has 0 aromatic heterocycles. The summed E-state index contributed by atoms with van der Waals surface area (Å²) in [6.45, 7) is 4.54. The Balaban J connectivity index is 2.71. The molecule has 0 aliphatic heterocycles. The molecule has 0 saturated carbocycles. The molecule has 0 radical (unpaired) electrons. The van der Waals surface area contributed by atoms with E-state index in [1.54, 1.807) is 0 Å². The van der Waals surface area contributed by atoms with Crippen molar-refractivity contribution in [1.29, 1.82) is 0 Å². The summed E-state index contributed by atoms with van der Waals surface area (Å²) in [6.07, 6.45) is 5.78. The molecule has 15 heavy (non-hydrogen) atoms. The number of nitrogens with two attached hydrogens (primary N) is 1. The molecule has 1 rings (SSSR count). The largest absolute Gasteiger partial charge is 0.492 e. The second-order valence-electron chi connectivity index (χ2n) is 3.62. The standard InChI is InChI=1S/C13H17NO/c1-4-5-8-15-13-7-6-12(11(3)14)9-10(13)2/h1,6-7,9,11H,5,8,14H2,2-3H3. The van der Waals surface area contributed by atoms with Crippen LogP contribution < -0.4 is 10.5 Å². The van der Waals surface area contributed by atoms with Gasteiger partial charge in [-0.2, -0.15) is 0 Å². The van der Waals surface area contributed by atoms with Gasteiger partial charge in [-0.05, 0) is 31.0 Å². The minimum atomic E-state index is 0.0588. The average molecular weight is 203 g/mol. The predicted octanol–water partition coefficient (Wildman–Crippen LogP) is 2.42. The zero-order valence-electron chi connectivity index (χ0n) is 9.29. The maximum Gasteiger partial charge on any atom is 0.122 e. The van der Waals surface area contributed by atoms with Crippen LogP contribution in [-0.2, 0) is 0 Å². The Morgan fingerprint density at radius 1 is 1.53 bits per heavy atom. The summed E-state index contributed by atoms with van der Waals surface area (Å²) in [5, 5.41) is 0. The highest BCUT2D eigenvalue weighted by molar-refractivity contribution is 5.37. The molecule has 0 bridgehead atoms. The van der Waals surface area contributed by atoms with Crippen molar-refractivity contribution in [1.82, 2.24) is 0 Å². The van der Waals surface area contributed by atoms with Crippen LogP contribution in [0.2, 0.25) is 0 Å². The Morgan fingerprint density at radius 3 is 2.80 bits per heavy atom. The van der Waals surface area contributed by atoms with Crippen LogP contribution in [0.15, 0.2) is 18.2 Å². The van der Waals surface area contributed by atoms with E-state index in [1.165, 1.54) is 0 Å². The number of hydrogen-bond acceptors (Lipinski definition) is 2. The molecule has 80 valence electrons. The maximum atomic E-state index is 5.79. The summed E-state index contributed by atoms with van der Waals surface area (Å²) >= 11 is 0. The number of terminal acetylenes is 1. The van der Waals surface area contributed by atoms with Gasteiger partial charge in [-0.25, -0.2) is 0 Å². The first kappa shape index (κ1) is 11.6. The van der Waals surface area contributed by atoms with Gasteiger partial charge in [0.2, 0.25) is 0 Å². The second kappa shape index (κ2) is 5.43. The quantitative estimate of drug-likeness (QED) is 0.602. The number of ether oxygens (including phenoxy) is 1. The van der Waals surface area contributed by atoms with E-state index in [1.807, 2.05) is 26.0 Å². The minimum absolute atomic E-state index is 0.0588. The maximum absolute atomic E-state index is 5.79. The summed E-state index contributed by atoms with van der Waals surface area (Å²) in [4.78, 5) is 0. The van der Waals surface area contributed by atoms with Gasteiger partial charge in [-0.1, -0.05) is 12.1 Å². The monoisotopic (exact) mass is 203 g/mol. The predicted molar refractivity (Wildman–Crippen MR) is 62.7 cm³/mol. The van der Waals surface area contributed by atoms with Gasteiger partial charge in [-0.3, -0.25) is 0 Å². The van der Waals surface area contributed by atoms with E-state index >= 15 is 0 Å². The van der Waals surface area contributed by atoms with Crippen molar-refractivity contribution in [3.63, 3.8) is 0 Å². The summed E-state index contributed by atoms with van der Waals surface area (Å²) in [7, 11) is 0. The van der Waals surface area contributed by atoms with E-state index in [0.717, 1.165) is 16.9 Å². The fourth-order valence-electron chi connectivity index (χ4n) is 1.34. The Bertz CT molecular complexity index is 363. The molecular weight excluding hydrogens is 186 g/mol. The molecule has 0 spiro atoms. The minimum Gasteiger partial charge on any atom is -0.492 e. The molecule has 2 N–H and O–H groups in total. The van der Waals surface area contributed by atoms with Crippen molar-refractivity contribution in [3.8, 4) is 18.1 Å². The van der Waals surface area contributed by atoms with Crippen LogP contribution >= 0.6 is 0 Å². The summed E-state index contributed by atoms with van der Waals surface area (Å²) in [6, 6.07) is 6.05. The van der Waals surface area contributed by atoms with Crippen LogP contribution in [0, 0.1) is 19.3 Å². The fourth-order valence-corrected chi connectivity index (χ4v) is 1.34. The summed E-state index contributed by atoms with van der Waals surface area (Å²) in [5.41, 5.74) is 8.01. The van der Waals surface area contributed by atoms with Crippen molar-refractivity contribution >= 4 is 0 Å². The van der Waals surface area contributed by atoms with Gasteiger partial charge < -0.3 is 10.5 Å². The Labute approximate surface area is 91.4 Å². The lowest BCUT2D eigenvalue weighted by molar-refractivity contribution is 0.325. The first-order valence-corrected chi connectivity index (χ1v) is 5.07. The van der Waals surface area contributed by atoms with Crippen molar-refractivity contribution < 1.29 is 4.74 Å². The summed E-state index contributed by atoms with van der Waals surface area (Å²) in [5.74, 6) is 3.43. The number of aryl methyl sites for hydroxylation is 1. The molecular formula is C13H17NO. The smallest absolute Gasteiger partial charge is 0.122 e. The first-order chi connectivity index (χ1) is 7.15. The van der Waals surface area contributed by atoms with Crippen molar-refractivity contribution in [3.05, 3.63) is 29.3 Å². The van der Waals surface area contributed by atoms with E-state index < -0.39 is 0 Å². The van der Waals surface area contributed by atoms with E-state index in [-0.39, 0.29) is 6.04 Å². The molecule has 0 aliphatic rings. The molecule has 1 aromatic rings. The number of benzene rings is 1. The van der Waals surface area contributed by atoms with Crippen LogP contribution in [0.4, 0.5) is 0 Å². The molecule has 0 fully saturated rings. The van der Waals surface area contributed by atoms with E-state index in [9.17, 15) is 0 Å². The molecule has 2 nitrogen and oxygen atoms in total. The second-order valence-corrected chi connectivity index (χ2v) is 3.62. The van der Waals surface area contributed by atoms with Gasteiger partial charge in [0.1, 0.15) is 5.75 Å². The van der Waals surface area contributed by atoms with Crippen LogP contribution in [0.1, 0.15) is 30.5 Å². The van der Waals surface area contributed by atoms with Crippen LogP contribution in [0.25, 0.3) is 0 Å². The van der Waals surface area contributed by atoms with Crippen molar-refractivity contribution in [2.24, 2.45) is 5.73 Å². The van der Waals surface area contributed by atoms with Crippen molar-refractivity contribution in [2.45, 2.75) is 26.3 Å². The highest BCUT2D eigenvalue weighted by atomic mass is 16.5. The zero-order chi connectivity index (χ0) is 11.3. The SMILES string of the molecule is C#CCCOc1ccc(C(C)N)cc1C. The fraction of sp³-hybridized carbons (Fsp3) is 0.385. The highest BCUT2D eigenvalue weighted by Crippen LogP contribution is 2.21. The van der Waals surface area contributed by atoms with Gasteiger partial charge in [0.05, 0.1) is 6.61 Å².